The summed E-state index contributed by atoms with van der Waals surface area (Å²) in [5, 5.41) is 13.3. The first kappa shape index (κ1) is 26.8. The van der Waals surface area contributed by atoms with Gasteiger partial charge in [0.05, 0.1) is 23.4 Å². The van der Waals surface area contributed by atoms with Crippen LogP contribution in [0.25, 0.3) is 0 Å². The van der Waals surface area contributed by atoms with Crippen molar-refractivity contribution in [3.05, 3.63) is 50.1 Å². The molecule has 0 fully saturated rings. The normalized spacial score (nSPS) is 13.4. The maximum atomic E-state index is 12.8. The van der Waals surface area contributed by atoms with Crippen LogP contribution in [0.4, 0.5) is 5.00 Å². The Morgan fingerprint density at radius 2 is 1.94 bits per heavy atom. The lowest BCUT2D eigenvalue weighted by Gasteiger charge is -2.11. The molecule has 2 aromatic heterocycles. The molecule has 1 aromatic carbocycles. The van der Waals surface area contributed by atoms with Crippen molar-refractivity contribution in [2.24, 2.45) is 7.05 Å². The first-order chi connectivity index (χ1) is 17.4. The number of aryl methyl sites for hydroxylation is 1. The molecule has 1 aliphatic carbocycles. The highest BCUT2D eigenvalue weighted by molar-refractivity contribution is 7.99. The number of anilines is 1. The van der Waals surface area contributed by atoms with Crippen molar-refractivity contribution in [2.45, 2.75) is 50.3 Å². The number of carbonyl (C=O) groups is 2. The number of esters is 1. The number of nitrogens with zero attached hydrogens (tertiary/aromatic N) is 3. The predicted molar refractivity (Wildman–Crippen MR) is 143 cm³/mol. The van der Waals surface area contributed by atoms with Gasteiger partial charge in [0.2, 0.25) is 5.91 Å². The van der Waals surface area contributed by atoms with Crippen molar-refractivity contribution in [2.75, 3.05) is 18.2 Å². The van der Waals surface area contributed by atoms with Gasteiger partial charge in [-0.15, -0.1) is 21.5 Å². The Labute approximate surface area is 227 Å². The minimum absolute atomic E-state index is 0.110. The number of thiophene rings is 1. The van der Waals surface area contributed by atoms with E-state index in [1.807, 2.05) is 0 Å². The largest absolute Gasteiger partial charge is 0.484 e. The van der Waals surface area contributed by atoms with Crippen LogP contribution in [-0.2, 0) is 36.0 Å². The fourth-order valence-electron chi connectivity index (χ4n) is 3.95. The van der Waals surface area contributed by atoms with E-state index in [0.29, 0.717) is 37.3 Å². The van der Waals surface area contributed by atoms with Gasteiger partial charge in [0.25, 0.3) is 0 Å². The monoisotopic (exact) mass is 568 g/mol. The smallest absolute Gasteiger partial charge is 0.341 e. The van der Waals surface area contributed by atoms with Crippen LogP contribution in [0.5, 0.6) is 5.75 Å². The maximum Gasteiger partial charge on any atom is 0.341 e. The molecule has 12 heteroatoms. The molecular formula is C24H26Cl2N4O4S2. The van der Waals surface area contributed by atoms with Gasteiger partial charge >= 0.3 is 5.97 Å². The molecule has 192 valence electrons. The zero-order valence-electron chi connectivity index (χ0n) is 19.9. The van der Waals surface area contributed by atoms with Gasteiger partial charge < -0.3 is 19.4 Å². The molecule has 2 heterocycles. The molecule has 0 saturated heterocycles. The van der Waals surface area contributed by atoms with Crippen LogP contribution < -0.4 is 10.1 Å². The summed E-state index contributed by atoms with van der Waals surface area (Å²) >= 11 is 14.8. The average Bonchev–Trinajstić information content (AvgIpc) is 3.35. The van der Waals surface area contributed by atoms with E-state index in [2.05, 4.69) is 15.5 Å². The minimum Gasteiger partial charge on any atom is -0.484 e. The van der Waals surface area contributed by atoms with E-state index in [1.54, 1.807) is 29.8 Å². The topological polar surface area (TPSA) is 95.3 Å². The van der Waals surface area contributed by atoms with E-state index in [9.17, 15) is 9.59 Å². The highest BCUT2D eigenvalue weighted by Gasteiger charge is 2.26. The average molecular weight is 570 g/mol. The summed E-state index contributed by atoms with van der Waals surface area (Å²) in [5.74, 6) is 0.543. The summed E-state index contributed by atoms with van der Waals surface area (Å²) < 4.78 is 12.5. The maximum absolute atomic E-state index is 12.8. The van der Waals surface area contributed by atoms with Crippen LogP contribution in [0.15, 0.2) is 23.4 Å². The molecule has 0 saturated carbocycles. The molecule has 4 rings (SSSR count). The van der Waals surface area contributed by atoms with Gasteiger partial charge in [0, 0.05) is 16.9 Å². The number of aromatic nitrogens is 3. The van der Waals surface area contributed by atoms with Crippen LogP contribution in [0, 0.1) is 0 Å². The summed E-state index contributed by atoms with van der Waals surface area (Å²) in [5.41, 5.74) is 1.52. The zero-order valence-corrected chi connectivity index (χ0v) is 23.1. The Morgan fingerprint density at radius 3 is 2.69 bits per heavy atom. The number of amides is 1. The van der Waals surface area contributed by atoms with Gasteiger partial charge in [-0.25, -0.2) is 4.79 Å². The van der Waals surface area contributed by atoms with E-state index < -0.39 is 5.97 Å². The van der Waals surface area contributed by atoms with E-state index in [0.717, 1.165) is 42.5 Å². The first-order valence-corrected chi connectivity index (χ1v) is 14.0. The predicted octanol–water partition coefficient (Wildman–Crippen LogP) is 5.94. The first-order valence-electron chi connectivity index (χ1n) is 11.5. The second-order valence-electron chi connectivity index (χ2n) is 8.27. The second kappa shape index (κ2) is 12.3. The van der Waals surface area contributed by atoms with E-state index in [-0.39, 0.29) is 18.3 Å². The third kappa shape index (κ3) is 6.34. The lowest BCUT2D eigenvalue weighted by Crippen LogP contribution is -2.16. The number of carbonyl (C=O) groups excluding carboxylic acids is 2. The Bertz CT molecular complexity index is 1260. The third-order valence-corrected chi connectivity index (χ3v) is 8.58. The zero-order chi connectivity index (χ0) is 25.7. The Morgan fingerprint density at radius 1 is 1.17 bits per heavy atom. The van der Waals surface area contributed by atoms with Gasteiger partial charge in [-0.1, -0.05) is 47.8 Å². The van der Waals surface area contributed by atoms with Crippen LogP contribution >= 0.6 is 46.3 Å². The molecular weight excluding hydrogens is 543 g/mol. The number of methoxy groups -OCH3 is 1. The standard InChI is InChI=1S/C24H26Cl2N4O4S2/c1-30-19(12-34-17-10-9-14(25)11-16(17)26)28-29-24(30)35-13-20(31)27-22-21(23(32)33-2)15-7-5-3-4-6-8-18(15)36-22/h9-11H,3-8,12-13H2,1-2H3,(H,27,31). The van der Waals surface area contributed by atoms with Crippen LogP contribution in [0.3, 0.4) is 0 Å². The second-order valence-corrected chi connectivity index (χ2v) is 11.2. The summed E-state index contributed by atoms with van der Waals surface area (Å²) in [6.07, 6.45) is 6.18. The van der Waals surface area contributed by atoms with Crippen LogP contribution in [-0.4, -0.2) is 39.5 Å². The molecule has 1 N–H and O–H groups in total. The highest BCUT2D eigenvalue weighted by Crippen LogP contribution is 2.37. The molecule has 3 aromatic rings. The SMILES string of the molecule is COC(=O)c1c(NC(=O)CSc2nnc(COc3ccc(Cl)cc3Cl)n2C)sc2c1CCCCCC2. The van der Waals surface area contributed by atoms with Crippen LogP contribution in [0.1, 0.15) is 52.3 Å². The molecule has 0 aliphatic heterocycles. The fourth-order valence-corrected chi connectivity index (χ4v) is 6.44. The lowest BCUT2D eigenvalue weighted by atomic mass is 9.96. The molecule has 36 heavy (non-hydrogen) atoms. The van der Waals surface area contributed by atoms with E-state index >= 15 is 0 Å². The third-order valence-electron chi connectivity index (χ3n) is 5.82. The van der Waals surface area contributed by atoms with Crippen molar-refractivity contribution < 1.29 is 19.1 Å². The summed E-state index contributed by atoms with van der Waals surface area (Å²) in [6, 6.07) is 4.99. The molecule has 0 radical (unpaired) electrons. The van der Waals surface area contributed by atoms with Crippen molar-refractivity contribution in [1.29, 1.82) is 0 Å². The number of fused-ring (bicyclic) bond motifs is 1. The number of benzene rings is 1. The fraction of sp³-hybridized carbons (Fsp3) is 0.417. The van der Waals surface area contributed by atoms with Crippen molar-refractivity contribution >= 4 is 63.2 Å². The summed E-state index contributed by atoms with van der Waals surface area (Å²) in [6.45, 7) is 0.154. The summed E-state index contributed by atoms with van der Waals surface area (Å²) in [4.78, 5) is 26.5. The molecule has 0 spiro atoms. The molecule has 1 aliphatic rings. The summed E-state index contributed by atoms with van der Waals surface area (Å²) in [7, 11) is 3.17. The molecule has 0 unspecified atom stereocenters. The Kier molecular flexibility index (Phi) is 9.16. The van der Waals surface area contributed by atoms with Crippen molar-refractivity contribution in [1.82, 2.24) is 14.8 Å². The minimum atomic E-state index is -0.408. The number of nitrogens with one attached hydrogen (secondary N) is 1. The van der Waals surface area contributed by atoms with Crippen molar-refractivity contribution in [3.63, 3.8) is 0 Å². The van der Waals surface area contributed by atoms with Crippen LogP contribution in [0.2, 0.25) is 10.0 Å². The van der Waals surface area contributed by atoms with Gasteiger partial charge in [0.1, 0.15) is 17.4 Å². The van der Waals surface area contributed by atoms with E-state index in [1.165, 1.54) is 36.6 Å². The Hall–Kier alpha value is -2.27. The van der Waals surface area contributed by atoms with Gasteiger partial charge in [0.15, 0.2) is 11.0 Å². The molecule has 8 nitrogen and oxygen atoms in total. The number of rotatable bonds is 8. The number of hydrogen-bond donors (Lipinski definition) is 1. The van der Waals surface area contributed by atoms with Gasteiger partial charge in [-0.2, -0.15) is 0 Å². The van der Waals surface area contributed by atoms with Gasteiger partial charge in [-0.3, -0.25) is 4.79 Å². The number of hydrogen-bond acceptors (Lipinski definition) is 8. The number of halogens is 2. The number of ether oxygens (including phenoxy) is 2. The quantitative estimate of drug-likeness (QED) is 0.265. The lowest BCUT2D eigenvalue weighted by molar-refractivity contribution is -0.113. The highest BCUT2D eigenvalue weighted by atomic mass is 35.5. The number of thioether (sulfide) groups is 1. The molecule has 0 bridgehead atoms. The Balaban J connectivity index is 1.39. The molecule has 0 atom stereocenters. The van der Waals surface area contributed by atoms with E-state index in [4.69, 9.17) is 32.7 Å². The molecule has 1 amide bonds. The van der Waals surface area contributed by atoms with Crippen molar-refractivity contribution in [3.8, 4) is 5.75 Å². The van der Waals surface area contributed by atoms with Gasteiger partial charge in [-0.05, 0) is 49.4 Å².